The minimum Gasteiger partial charge on any atom is -0.379 e. The number of nitrogens with zero attached hydrogens (tertiary/aromatic N) is 3. The van der Waals surface area contributed by atoms with E-state index in [1.165, 1.54) is 0 Å². The van der Waals surface area contributed by atoms with Crippen LogP contribution in [-0.4, -0.2) is 19.9 Å². The van der Waals surface area contributed by atoms with Crippen molar-refractivity contribution in [2.75, 3.05) is 5.32 Å². The van der Waals surface area contributed by atoms with Gasteiger partial charge in [0, 0.05) is 34.7 Å². The Hall–Kier alpha value is -3.18. The van der Waals surface area contributed by atoms with Gasteiger partial charge in [-0.1, -0.05) is 23.7 Å². The van der Waals surface area contributed by atoms with Crippen LogP contribution in [0.4, 0.5) is 5.69 Å². The highest BCUT2D eigenvalue weighted by Gasteiger charge is 2.14. The van der Waals surface area contributed by atoms with Crippen LogP contribution in [0, 0.1) is 0 Å². The predicted molar refractivity (Wildman–Crippen MR) is 105 cm³/mol. The number of benzene rings is 1. The monoisotopic (exact) mass is 359 g/mol. The maximum atomic E-state index is 6.11. The first kappa shape index (κ1) is 15.1. The summed E-state index contributed by atoms with van der Waals surface area (Å²) in [4.78, 5) is 16.7. The van der Waals surface area contributed by atoms with Crippen LogP contribution >= 0.6 is 11.6 Å². The smallest absolute Gasteiger partial charge is 0.0988 e. The zero-order chi connectivity index (χ0) is 17.5. The fourth-order valence-corrected chi connectivity index (χ4v) is 3.50. The van der Waals surface area contributed by atoms with Crippen LogP contribution in [0.2, 0.25) is 5.02 Å². The van der Waals surface area contributed by atoms with Crippen molar-refractivity contribution in [2.24, 2.45) is 0 Å². The molecule has 0 unspecified atom stereocenters. The second-order valence-electron chi connectivity index (χ2n) is 6.13. The summed E-state index contributed by atoms with van der Waals surface area (Å²) in [6.07, 6.45) is 7.18. The van der Waals surface area contributed by atoms with E-state index in [2.05, 4.69) is 26.3 Å². The van der Waals surface area contributed by atoms with Gasteiger partial charge in [0.15, 0.2) is 0 Å². The number of nitrogens with one attached hydrogen (secondary N) is 2. The Morgan fingerprint density at radius 3 is 2.73 bits per heavy atom. The maximum absolute atomic E-state index is 6.11. The largest absolute Gasteiger partial charge is 0.379 e. The first-order chi connectivity index (χ1) is 12.8. The Morgan fingerprint density at radius 2 is 1.85 bits per heavy atom. The predicted octanol–water partition coefficient (Wildman–Crippen LogP) is 4.92. The van der Waals surface area contributed by atoms with Crippen LogP contribution in [0.3, 0.4) is 0 Å². The molecule has 0 aliphatic rings. The fraction of sp³-hybridized carbons (Fsp3) is 0.0500. The molecule has 1 aromatic carbocycles. The van der Waals surface area contributed by atoms with Gasteiger partial charge in [0.05, 0.1) is 40.1 Å². The molecular formula is C20H14ClN5. The van der Waals surface area contributed by atoms with Gasteiger partial charge >= 0.3 is 0 Å². The number of fused-ring (bicyclic) bond motifs is 4. The van der Waals surface area contributed by atoms with E-state index in [-0.39, 0.29) is 0 Å². The molecular weight excluding hydrogens is 346 g/mol. The second-order valence-corrected chi connectivity index (χ2v) is 6.57. The summed E-state index contributed by atoms with van der Waals surface area (Å²) in [6, 6.07) is 11.8. The molecule has 4 aromatic heterocycles. The van der Waals surface area contributed by atoms with Crippen LogP contribution in [0.5, 0.6) is 0 Å². The van der Waals surface area contributed by atoms with Crippen molar-refractivity contribution in [1.29, 1.82) is 0 Å². The van der Waals surface area contributed by atoms with Crippen LogP contribution in [0.15, 0.2) is 61.2 Å². The summed E-state index contributed by atoms with van der Waals surface area (Å²) in [5.41, 5.74) is 5.81. The van der Waals surface area contributed by atoms with E-state index < -0.39 is 0 Å². The third-order valence-corrected chi connectivity index (χ3v) is 4.72. The number of hydrogen-bond acceptors (Lipinski definition) is 4. The Kier molecular flexibility index (Phi) is 3.47. The molecule has 26 heavy (non-hydrogen) atoms. The molecule has 6 heteroatoms. The highest BCUT2D eigenvalue weighted by Crippen LogP contribution is 2.34. The fourth-order valence-electron chi connectivity index (χ4n) is 3.29. The standard InChI is InChI=1S/C20H14ClN5/c21-13-3-1-2-12(8-13)9-24-18-14-4-6-22-10-16(14)25-19-15-5-7-23-11-17(15)26-20(18)19/h1-8,10-11,26H,9H2,(H,24,25). The minimum atomic E-state index is 0.657. The molecule has 0 amide bonds. The minimum absolute atomic E-state index is 0.657. The summed E-state index contributed by atoms with van der Waals surface area (Å²) in [6.45, 7) is 0.657. The highest BCUT2D eigenvalue weighted by molar-refractivity contribution is 6.30. The van der Waals surface area contributed by atoms with Crippen molar-refractivity contribution in [3.8, 4) is 0 Å². The van der Waals surface area contributed by atoms with E-state index >= 15 is 0 Å². The topological polar surface area (TPSA) is 66.5 Å². The molecule has 2 N–H and O–H groups in total. The highest BCUT2D eigenvalue weighted by atomic mass is 35.5. The zero-order valence-electron chi connectivity index (χ0n) is 13.7. The van der Waals surface area contributed by atoms with Gasteiger partial charge in [-0.25, -0.2) is 4.98 Å². The van der Waals surface area contributed by atoms with E-state index in [9.17, 15) is 0 Å². The average molecular weight is 360 g/mol. The third-order valence-electron chi connectivity index (χ3n) is 4.48. The molecule has 0 radical (unpaired) electrons. The maximum Gasteiger partial charge on any atom is 0.0988 e. The Labute approximate surface area is 154 Å². The van der Waals surface area contributed by atoms with Crippen molar-refractivity contribution >= 4 is 50.1 Å². The van der Waals surface area contributed by atoms with E-state index in [1.54, 1.807) is 18.6 Å². The first-order valence-electron chi connectivity index (χ1n) is 8.27. The third kappa shape index (κ3) is 2.45. The summed E-state index contributed by atoms with van der Waals surface area (Å²) in [5.74, 6) is 0. The summed E-state index contributed by atoms with van der Waals surface area (Å²) in [5, 5.41) is 6.36. The Bertz CT molecular complexity index is 1260. The number of hydrogen-bond donors (Lipinski definition) is 2. The number of rotatable bonds is 3. The first-order valence-corrected chi connectivity index (χ1v) is 8.65. The molecule has 0 saturated heterocycles. The van der Waals surface area contributed by atoms with Gasteiger partial charge in [0.1, 0.15) is 0 Å². The molecule has 0 atom stereocenters. The molecule has 5 nitrogen and oxygen atoms in total. The van der Waals surface area contributed by atoms with Crippen molar-refractivity contribution in [3.63, 3.8) is 0 Å². The Balaban J connectivity index is 1.72. The van der Waals surface area contributed by atoms with Gasteiger partial charge in [-0.15, -0.1) is 0 Å². The van der Waals surface area contributed by atoms with Crippen LogP contribution in [-0.2, 0) is 6.54 Å². The molecule has 126 valence electrons. The van der Waals surface area contributed by atoms with Crippen molar-refractivity contribution < 1.29 is 0 Å². The lowest BCUT2D eigenvalue weighted by atomic mass is 10.1. The van der Waals surface area contributed by atoms with Gasteiger partial charge in [0.2, 0.25) is 0 Å². The Morgan fingerprint density at radius 1 is 1.00 bits per heavy atom. The van der Waals surface area contributed by atoms with Crippen LogP contribution in [0.1, 0.15) is 5.56 Å². The van der Waals surface area contributed by atoms with E-state index in [0.717, 1.165) is 49.1 Å². The quantitative estimate of drug-likeness (QED) is 0.479. The van der Waals surface area contributed by atoms with Crippen molar-refractivity contribution in [2.45, 2.75) is 6.54 Å². The number of pyridine rings is 3. The number of H-pyrrole nitrogens is 1. The molecule has 4 heterocycles. The lowest BCUT2D eigenvalue weighted by molar-refractivity contribution is 1.15. The van der Waals surface area contributed by atoms with Gasteiger partial charge in [-0.05, 0) is 29.8 Å². The van der Waals surface area contributed by atoms with E-state index in [4.69, 9.17) is 16.6 Å². The van der Waals surface area contributed by atoms with Crippen LogP contribution in [0.25, 0.3) is 32.8 Å². The van der Waals surface area contributed by atoms with Crippen molar-refractivity contribution in [1.82, 2.24) is 19.9 Å². The normalized spacial score (nSPS) is 11.4. The van der Waals surface area contributed by atoms with E-state index in [1.807, 2.05) is 36.5 Å². The average Bonchev–Trinajstić information content (AvgIpc) is 3.03. The number of anilines is 1. The molecule has 0 saturated carbocycles. The zero-order valence-corrected chi connectivity index (χ0v) is 14.5. The van der Waals surface area contributed by atoms with Gasteiger partial charge in [-0.3, -0.25) is 9.97 Å². The molecule has 0 aliphatic carbocycles. The molecule has 0 spiro atoms. The van der Waals surface area contributed by atoms with Gasteiger partial charge < -0.3 is 10.3 Å². The van der Waals surface area contributed by atoms with E-state index in [0.29, 0.717) is 6.54 Å². The van der Waals surface area contributed by atoms with Gasteiger partial charge in [-0.2, -0.15) is 0 Å². The molecule has 5 rings (SSSR count). The van der Waals surface area contributed by atoms with Crippen molar-refractivity contribution in [3.05, 3.63) is 71.8 Å². The summed E-state index contributed by atoms with van der Waals surface area (Å²) >= 11 is 6.11. The number of halogens is 1. The second kappa shape index (κ2) is 5.97. The lowest BCUT2D eigenvalue weighted by Crippen LogP contribution is -2.01. The van der Waals surface area contributed by atoms with Gasteiger partial charge in [0.25, 0.3) is 0 Å². The SMILES string of the molecule is Clc1cccc(CNc2c3ccncc3nc3c2[nH]c2cnccc23)c1. The molecule has 5 aromatic rings. The summed E-state index contributed by atoms with van der Waals surface area (Å²) in [7, 11) is 0. The summed E-state index contributed by atoms with van der Waals surface area (Å²) < 4.78 is 0. The van der Waals surface area contributed by atoms with Crippen LogP contribution < -0.4 is 5.32 Å². The lowest BCUT2D eigenvalue weighted by Gasteiger charge is -2.11. The number of aromatic amines is 1. The number of aromatic nitrogens is 4. The molecule has 0 fully saturated rings. The molecule has 0 aliphatic heterocycles. The molecule has 0 bridgehead atoms.